The number of sulfonamides is 1. The van der Waals surface area contributed by atoms with Gasteiger partial charge in [0.15, 0.2) is 0 Å². The van der Waals surface area contributed by atoms with E-state index in [1.165, 1.54) is 17.1 Å². The minimum absolute atomic E-state index is 0.325. The second kappa shape index (κ2) is 5.90. The molecule has 2 N–H and O–H groups in total. The summed E-state index contributed by atoms with van der Waals surface area (Å²) < 4.78 is 25.6. The van der Waals surface area contributed by atoms with Crippen molar-refractivity contribution in [1.29, 1.82) is 0 Å². The van der Waals surface area contributed by atoms with Gasteiger partial charge in [0.05, 0.1) is 5.69 Å². The van der Waals surface area contributed by atoms with Crippen LogP contribution in [0.3, 0.4) is 0 Å². The van der Waals surface area contributed by atoms with Crippen LogP contribution >= 0.6 is 0 Å². The van der Waals surface area contributed by atoms with Crippen molar-refractivity contribution >= 4 is 15.7 Å². The van der Waals surface area contributed by atoms with E-state index in [-0.39, 0.29) is 0 Å². The van der Waals surface area contributed by atoms with Gasteiger partial charge in [0, 0.05) is 33.2 Å². The maximum atomic E-state index is 12.2. The third kappa shape index (κ3) is 3.68. The van der Waals surface area contributed by atoms with Crippen molar-refractivity contribution in [3.63, 3.8) is 0 Å². The van der Waals surface area contributed by atoms with Crippen LogP contribution in [0.1, 0.15) is 12.8 Å². The van der Waals surface area contributed by atoms with Gasteiger partial charge in [0.2, 0.25) is 10.0 Å². The first-order chi connectivity index (χ1) is 9.01. The van der Waals surface area contributed by atoms with Crippen LogP contribution in [0.25, 0.3) is 0 Å². The number of nitrogens with zero attached hydrogens (tertiary/aromatic N) is 1. The average Bonchev–Trinajstić information content (AvgIpc) is 3.19. The van der Waals surface area contributed by atoms with Crippen LogP contribution in [-0.4, -0.2) is 45.9 Å². The molecule has 2 rings (SSSR count). The van der Waals surface area contributed by atoms with Gasteiger partial charge >= 0.3 is 0 Å². The van der Waals surface area contributed by atoms with Gasteiger partial charge in [-0.05, 0) is 25.0 Å². The lowest BCUT2D eigenvalue weighted by atomic mass is 10.3. The Kier molecular flexibility index (Phi) is 4.44. The third-order valence-electron chi connectivity index (χ3n) is 3.10. The SMILES string of the molecule is CN(C)S(=O)(=O)c1ccccc1NCCNC1CC1. The number of benzene rings is 1. The molecule has 0 spiro atoms. The molecule has 1 aromatic carbocycles. The Morgan fingerprint density at radius 3 is 2.53 bits per heavy atom. The summed E-state index contributed by atoms with van der Waals surface area (Å²) in [4.78, 5) is 0.325. The van der Waals surface area contributed by atoms with Gasteiger partial charge in [-0.25, -0.2) is 12.7 Å². The summed E-state index contributed by atoms with van der Waals surface area (Å²) in [5, 5.41) is 6.57. The summed E-state index contributed by atoms with van der Waals surface area (Å²) in [6.45, 7) is 1.57. The molecule has 0 unspecified atom stereocenters. The van der Waals surface area contributed by atoms with Crippen LogP contribution in [0.2, 0.25) is 0 Å². The zero-order valence-corrected chi connectivity index (χ0v) is 12.2. The lowest BCUT2D eigenvalue weighted by molar-refractivity contribution is 0.521. The van der Waals surface area contributed by atoms with Gasteiger partial charge in [0.25, 0.3) is 0 Å². The van der Waals surface area contributed by atoms with Crippen LogP contribution in [-0.2, 0) is 10.0 Å². The Morgan fingerprint density at radius 2 is 1.89 bits per heavy atom. The second-order valence-corrected chi connectivity index (χ2v) is 7.06. The van der Waals surface area contributed by atoms with Crippen LogP contribution in [0.15, 0.2) is 29.2 Å². The highest BCUT2D eigenvalue weighted by Crippen LogP contribution is 2.23. The fourth-order valence-corrected chi connectivity index (χ4v) is 2.86. The fraction of sp³-hybridized carbons (Fsp3) is 0.538. The number of hydrogen-bond acceptors (Lipinski definition) is 4. The number of nitrogens with one attached hydrogen (secondary N) is 2. The van der Waals surface area contributed by atoms with Crippen molar-refractivity contribution in [2.75, 3.05) is 32.5 Å². The minimum Gasteiger partial charge on any atom is -0.383 e. The van der Waals surface area contributed by atoms with Crippen molar-refractivity contribution in [3.8, 4) is 0 Å². The maximum Gasteiger partial charge on any atom is 0.244 e. The Balaban J connectivity index is 2.03. The molecule has 1 aliphatic carbocycles. The van der Waals surface area contributed by atoms with Gasteiger partial charge < -0.3 is 10.6 Å². The van der Waals surface area contributed by atoms with Crippen molar-refractivity contribution in [1.82, 2.24) is 9.62 Å². The van der Waals surface area contributed by atoms with Crippen LogP contribution in [0.4, 0.5) is 5.69 Å². The van der Waals surface area contributed by atoms with E-state index in [0.717, 1.165) is 13.1 Å². The molecule has 1 fully saturated rings. The zero-order chi connectivity index (χ0) is 13.9. The molecule has 1 aliphatic rings. The Hall–Kier alpha value is -1.11. The molecule has 6 heteroatoms. The second-order valence-electron chi connectivity index (χ2n) is 4.94. The van der Waals surface area contributed by atoms with E-state index >= 15 is 0 Å². The van der Waals surface area contributed by atoms with E-state index in [2.05, 4.69) is 10.6 Å². The topological polar surface area (TPSA) is 61.4 Å². The molecule has 0 atom stereocenters. The summed E-state index contributed by atoms with van der Waals surface area (Å²) in [6.07, 6.45) is 2.51. The molecule has 0 bridgehead atoms. The normalized spacial score (nSPS) is 15.7. The van der Waals surface area contributed by atoms with Crippen molar-refractivity contribution in [2.24, 2.45) is 0 Å². The minimum atomic E-state index is -3.40. The number of rotatable bonds is 7. The van der Waals surface area contributed by atoms with Gasteiger partial charge in [-0.1, -0.05) is 12.1 Å². The Morgan fingerprint density at radius 1 is 1.21 bits per heavy atom. The highest BCUT2D eigenvalue weighted by atomic mass is 32.2. The highest BCUT2D eigenvalue weighted by molar-refractivity contribution is 7.89. The van der Waals surface area contributed by atoms with Crippen molar-refractivity contribution in [3.05, 3.63) is 24.3 Å². The van der Waals surface area contributed by atoms with Gasteiger partial charge in [-0.2, -0.15) is 0 Å². The van der Waals surface area contributed by atoms with E-state index in [4.69, 9.17) is 0 Å². The molecule has 1 saturated carbocycles. The van der Waals surface area contributed by atoms with E-state index in [1.807, 2.05) is 6.07 Å². The monoisotopic (exact) mass is 283 g/mol. The van der Waals surface area contributed by atoms with Gasteiger partial charge in [-0.3, -0.25) is 0 Å². The number of anilines is 1. The smallest absolute Gasteiger partial charge is 0.244 e. The quantitative estimate of drug-likeness (QED) is 0.736. The Labute approximate surface area is 115 Å². The van der Waals surface area contributed by atoms with E-state index < -0.39 is 10.0 Å². The number of para-hydroxylation sites is 1. The van der Waals surface area contributed by atoms with Crippen molar-refractivity contribution < 1.29 is 8.42 Å². The summed E-state index contributed by atoms with van der Waals surface area (Å²) in [7, 11) is -0.313. The Bertz CT molecular complexity index is 524. The summed E-state index contributed by atoms with van der Waals surface area (Å²) in [5.74, 6) is 0. The largest absolute Gasteiger partial charge is 0.383 e. The molecule has 0 radical (unpaired) electrons. The van der Waals surface area contributed by atoms with Crippen molar-refractivity contribution in [2.45, 2.75) is 23.8 Å². The molecule has 0 heterocycles. The molecular formula is C13H21N3O2S. The van der Waals surface area contributed by atoms with Gasteiger partial charge in [-0.15, -0.1) is 0 Å². The molecular weight excluding hydrogens is 262 g/mol. The lowest BCUT2D eigenvalue weighted by Crippen LogP contribution is -2.26. The first kappa shape index (κ1) is 14.3. The third-order valence-corrected chi connectivity index (χ3v) is 4.97. The van der Waals surface area contributed by atoms with E-state index in [1.54, 1.807) is 32.3 Å². The lowest BCUT2D eigenvalue weighted by Gasteiger charge is -2.16. The van der Waals surface area contributed by atoms with E-state index in [0.29, 0.717) is 16.6 Å². The maximum absolute atomic E-state index is 12.2. The van der Waals surface area contributed by atoms with Crippen LogP contribution in [0, 0.1) is 0 Å². The first-order valence-corrected chi connectivity index (χ1v) is 7.94. The average molecular weight is 283 g/mol. The fourth-order valence-electron chi connectivity index (χ4n) is 1.80. The van der Waals surface area contributed by atoms with Crippen LogP contribution < -0.4 is 10.6 Å². The zero-order valence-electron chi connectivity index (χ0n) is 11.4. The predicted octanol–water partition coefficient (Wildman–Crippen LogP) is 1.10. The number of hydrogen-bond donors (Lipinski definition) is 2. The van der Waals surface area contributed by atoms with E-state index in [9.17, 15) is 8.42 Å². The molecule has 1 aromatic rings. The molecule has 0 aromatic heterocycles. The summed E-state index contributed by atoms with van der Waals surface area (Å²) >= 11 is 0. The van der Waals surface area contributed by atoms with Gasteiger partial charge in [0.1, 0.15) is 4.90 Å². The molecule has 0 aliphatic heterocycles. The molecule has 0 amide bonds. The molecule has 19 heavy (non-hydrogen) atoms. The predicted molar refractivity (Wildman–Crippen MR) is 76.8 cm³/mol. The molecule has 0 saturated heterocycles. The van der Waals surface area contributed by atoms with Crippen LogP contribution in [0.5, 0.6) is 0 Å². The summed E-state index contributed by atoms with van der Waals surface area (Å²) in [5.41, 5.74) is 0.661. The molecule has 106 valence electrons. The summed E-state index contributed by atoms with van der Waals surface area (Å²) in [6, 6.07) is 7.68. The molecule has 5 nitrogen and oxygen atoms in total. The first-order valence-electron chi connectivity index (χ1n) is 6.50. The highest BCUT2D eigenvalue weighted by Gasteiger charge is 2.21. The standard InChI is InChI=1S/C13H21N3O2S/c1-16(2)19(17,18)13-6-4-3-5-12(13)15-10-9-14-11-7-8-11/h3-6,11,14-15H,7-10H2,1-2H3.